The van der Waals surface area contributed by atoms with Crippen molar-refractivity contribution in [2.45, 2.75) is 24.8 Å². The fourth-order valence-electron chi connectivity index (χ4n) is 2.34. The molecule has 7 nitrogen and oxygen atoms in total. The number of anilines is 1. The van der Waals surface area contributed by atoms with Crippen LogP contribution in [-0.2, 0) is 10.0 Å². The van der Waals surface area contributed by atoms with Crippen LogP contribution in [-0.4, -0.2) is 34.6 Å². The van der Waals surface area contributed by atoms with Crippen LogP contribution in [0, 0.1) is 0 Å². The minimum Gasteiger partial charge on any atom is -0.493 e. The third kappa shape index (κ3) is 5.12. The number of halogens is 1. The van der Waals surface area contributed by atoms with Gasteiger partial charge in [0.1, 0.15) is 0 Å². The van der Waals surface area contributed by atoms with E-state index in [-0.39, 0.29) is 21.5 Å². The van der Waals surface area contributed by atoms with Crippen LogP contribution in [0.1, 0.15) is 24.2 Å². The van der Waals surface area contributed by atoms with Gasteiger partial charge in [-0.05, 0) is 44.2 Å². The van der Waals surface area contributed by atoms with Crippen molar-refractivity contribution in [3.05, 3.63) is 47.0 Å². The second kappa shape index (κ2) is 8.60. The van der Waals surface area contributed by atoms with Crippen LogP contribution in [0.15, 0.2) is 41.3 Å². The van der Waals surface area contributed by atoms with E-state index >= 15 is 0 Å². The van der Waals surface area contributed by atoms with Gasteiger partial charge in [-0.15, -0.1) is 0 Å². The third-order valence-corrected chi connectivity index (χ3v) is 5.51. The van der Waals surface area contributed by atoms with Gasteiger partial charge in [0.05, 0.1) is 29.7 Å². The van der Waals surface area contributed by atoms with Gasteiger partial charge < -0.3 is 14.8 Å². The van der Waals surface area contributed by atoms with E-state index in [1.54, 1.807) is 32.0 Å². The lowest BCUT2D eigenvalue weighted by Gasteiger charge is -2.13. The molecule has 0 unspecified atom stereocenters. The number of nitrogens with one attached hydrogen (secondary N) is 2. The highest BCUT2D eigenvalue weighted by atomic mass is 35.5. The number of methoxy groups -OCH3 is 2. The van der Waals surface area contributed by atoms with Gasteiger partial charge in [0.2, 0.25) is 10.0 Å². The quantitative estimate of drug-likeness (QED) is 0.727. The summed E-state index contributed by atoms with van der Waals surface area (Å²) in [6, 6.07) is 8.54. The summed E-state index contributed by atoms with van der Waals surface area (Å²) in [5, 5.41) is 2.81. The molecule has 0 aliphatic carbocycles. The number of sulfonamides is 1. The average Bonchev–Trinajstić information content (AvgIpc) is 2.60. The van der Waals surface area contributed by atoms with E-state index in [0.29, 0.717) is 17.2 Å². The Morgan fingerprint density at radius 1 is 1.04 bits per heavy atom. The molecule has 0 radical (unpaired) electrons. The zero-order chi connectivity index (χ0) is 20.2. The number of rotatable bonds is 7. The number of carbonyl (C=O) groups is 1. The predicted molar refractivity (Wildman–Crippen MR) is 104 cm³/mol. The summed E-state index contributed by atoms with van der Waals surface area (Å²) in [7, 11) is -0.761. The van der Waals surface area contributed by atoms with Crippen molar-refractivity contribution in [3.63, 3.8) is 0 Å². The molecule has 9 heteroatoms. The molecule has 0 saturated carbocycles. The van der Waals surface area contributed by atoms with Crippen LogP contribution in [0.25, 0.3) is 0 Å². The Balaban J connectivity index is 2.33. The van der Waals surface area contributed by atoms with Gasteiger partial charge in [0, 0.05) is 17.8 Å². The number of amides is 1. The Bertz CT molecular complexity index is 945. The summed E-state index contributed by atoms with van der Waals surface area (Å²) in [4.78, 5) is 12.6. The molecule has 0 fully saturated rings. The lowest BCUT2D eigenvalue weighted by Crippen LogP contribution is -2.30. The number of carbonyl (C=O) groups excluding carboxylic acids is 1. The minimum absolute atomic E-state index is 0.0399. The van der Waals surface area contributed by atoms with Crippen LogP contribution >= 0.6 is 11.6 Å². The summed E-state index contributed by atoms with van der Waals surface area (Å²) in [6.45, 7) is 3.41. The normalized spacial score (nSPS) is 11.3. The molecule has 0 bridgehead atoms. The molecule has 27 heavy (non-hydrogen) atoms. The standard InChI is InChI=1S/C18H21ClN2O5S/c1-11(2)21-27(23,24)13-6-7-15(19)14(10-13)18(22)20-12-5-8-16(25-3)17(9-12)26-4/h5-11,21H,1-4H3,(H,20,22). The first-order valence-electron chi connectivity index (χ1n) is 8.03. The van der Waals surface area contributed by atoms with Gasteiger partial charge >= 0.3 is 0 Å². The van der Waals surface area contributed by atoms with Gasteiger partial charge in [-0.25, -0.2) is 13.1 Å². The number of benzene rings is 2. The van der Waals surface area contributed by atoms with Crippen molar-refractivity contribution in [2.24, 2.45) is 0 Å². The lowest BCUT2D eigenvalue weighted by molar-refractivity contribution is 0.102. The molecule has 0 atom stereocenters. The van der Waals surface area contributed by atoms with Gasteiger partial charge in [0.15, 0.2) is 11.5 Å². The molecule has 2 N–H and O–H groups in total. The zero-order valence-corrected chi connectivity index (χ0v) is 16.9. The van der Waals surface area contributed by atoms with Crippen LogP contribution in [0.4, 0.5) is 5.69 Å². The summed E-state index contributed by atoms with van der Waals surface area (Å²) >= 11 is 6.10. The summed E-state index contributed by atoms with van der Waals surface area (Å²) in [5.41, 5.74) is 0.486. The molecule has 0 aliphatic heterocycles. The smallest absolute Gasteiger partial charge is 0.257 e. The van der Waals surface area contributed by atoms with E-state index in [1.165, 1.54) is 32.4 Å². The Morgan fingerprint density at radius 2 is 1.70 bits per heavy atom. The van der Waals surface area contributed by atoms with Crippen molar-refractivity contribution in [3.8, 4) is 11.5 Å². The molecular weight excluding hydrogens is 392 g/mol. The van der Waals surface area contributed by atoms with Crippen molar-refractivity contribution in [1.82, 2.24) is 4.72 Å². The van der Waals surface area contributed by atoms with Crippen molar-refractivity contribution in [2.75, 3.05) is 19.5 Å². The SMILES string of the molecule is COc1ccc(NC(=O)c2cc(S(=O)(=O)NC(C)C)ccc2Cl)cc1OC. The van der Waals surface area contributed by atoms with Crippen molar-refractivity contribution < 1.29 is 22.7 Å². The molecule has 2 rings (SSSR count). The maximum atomic E-state index is 12.6. The van der Waals surface area contributed by atoms with E-state index in [4.69, 9.17) is 21.1 Å². The molecule has 0 heterocycles. The molecule has 0 spiro atoms. The van der Waals surface area contributed by atoms with E-state index in [1.807, 2.05) is 0 Å². The Kier molecular flexibility index (Phi) is 6.69. The van der Waals surface area contributed by atoms with E-state index < -0.39 is 15.9 Å². The average molecular weight is 413 g/mol. The van der Waals surface area contributed by atoms with E-state index in [9.17, 15) is 13.2 Å². The van der Waals surface area contributed by atoms with Gasteiger partial charge in [0.25, 0.3) is 5.91 Å². The van der Waals surface area contributed by atoms with E-state index in [0.717, 1.165) is 0 Å². The topological polar surface area (TPSA) is 93.7 Å². The number of ether oxygens (including phenoxy) is 2. The Morgan fingerprint density at radius 3 is 2.30 bits per heavy atom. The molecule has 2 aromatic carbocycles. The second-order valence-electron chi connectivity index (χ2n) is 5.94. The highest BCUT2D eigenvalue weighted by Crippen LogP contribution is 2.30. The molecule has 0 aromatic heterocycles. The van der Waals surface area contributed by atoms with Crippen LogP contribution in [0.2, 0.25) is 5.02 Å². The van der Waals surface area contributed by atoms with Crippen LogP contribution in [0.3, 0.4) is 0 Å². The Labute approximate surface area is 163 Å². The first kappa shape index (κ1) is 21.0. The largest absolute Gasteiger partial charge is 0.493 e. The molecule has 1 amide bonds. The predicted octanol–water partition coefficient (Wildman–Crippen LogP) is 3.30. The van der Waals surface area contributed by atoms with Gasteiger partial charge in [-0.3, -0.25) is 4.79 Å². The van der Waals surface area contributed by atoms with Crippen molar-refractivity contribution >= 4 is 33.2 Å². The molecular formula is C18H21ClN2O5S. The first-order chi connectivity index (χ1) is 12.7. The summed E-state index contributed by atoms with van der Waals surface area (Å²) in [5.74, 6) is 0.411. The maximum Gasteiger partial charge on any atom is 0.257 e. The lowest BCUT2D eigenvalue weighted by atomic mass is 10.2. The second-order valence-corrected chi connectivity index (χ2v) is 8.06. The monoisotopic (exact) mass is 412 g/mol. The van der Waals surface area contributed by atoms with Crippen LogP contribution < -0.4 is 19.5 Å². The molecule has 146 valence electrons. The first-order valence-corrected chi connectivity index (χ1v) is 9.89. The Hall–Kier alpha value is -2.29. The van der Waals surface area contributed by atoms with Gasteiger partial charge in [-0.2, -0.15) is 0 Å². The molecule has 2 aromatic rings. The molecule has 0 aliphatic rings. The fraction of sp³-hybridized carbons (Fsp3) is 0.278. The van der Waals surface area contributed by atoms with Crippen LogP contribution in [0.5, 0.6) is 11.5 Å². The third-order valence-electron chi connectivity index (χ3n) is 3.53. The van der Waals surface area contributed by atoms with Crippen molar-refractivity contribution in [1.29, 1.82) is 0 Å². The maximum absolute atomic E-state index is 12.6. The van der Waals surface area contributed by atoms with E-state index in [2.05, 4.69) is 10.0 Å². The zero-order valence-electron chi connectivity index (χ0n) is 15.4. The number of hydrogen-bond donors (Lipinski definition) is 2. The highest BCUT2D eigenvalue weighted by molar-refractivity contribution is 7.89. The fourth-order valence-corrected chi connectivity index (χ4v) is 3.82. The summed E-state index contributed by atoms with van der Waals surface area (Å²) in [6.07, 6.45) is 0. The number of hydrogen-bond acceptors (Lipinski definition) is 5. The highest BCUT2D eigenvalue weighted by Gasteiger charge is 2.20. The minimum atomic E-state index is -3.75. The summed E-state index contributed by atoms with van der Waals surface area (Å²) < 4.78 is 37.5. The van der Waals surface area contributed by atoms with Gasteiger partial charge in [-0.1, -0.05) is 11.6 Å². The molecule has 0 saturated heterocycles.